The van der Waals surface area contributed by atoms with E-state index in [1.807, 2.05) is 31.4 Å². The van der Waals surface area contributed by atoms with Crippen molar-refractivity contribution >= 4 is 29.2 Å². The molecule has 92 valence electrons. The average Bonchev–Trinajstić information content (AvgIpc) is 2.79. The molecule has 0 N–H and O–H groups in total. The molecule has 0 atom stereocenters. The summed E-state index contributed by atoms with van der Waals surface area (Å²) in [4.78, 5) is 12.1. The topological polar surface area (TPSA) is 45.8 Å². The summed E-state index contributed by atoms with van der Waals surface area (Å²) in [5.41, 5.74) is 2.65. The Hall–Kier alpha value is -1.57. The second kappa shape index (κ2) is 4.60. The fourth-order valence-corrected chi connectivity index (χ4v) is 3.34. The summed E-state index contributed by atoms with van der Waals surface area (Å²) in [5.74, 6) is 0. The second-order valence-electron chi connectivity index (χ2n) is 4.04. The number of halogens is 1. The lowest BCUT2D eigenvalue weighted by Crippen LogP contribution is -1.98. The Morgan fingerprint density at radius 3 is 2.56 bits per heavy atom. The van der Waals surface area contributed by atoms with Crippen LogP contribution in [-0.2, 0) is 0 Å². The monoisotopic (exact) mass is 278 g/mol. The standard InChI is InChI=1S/C13H11ClN2OS/c1-7-4-10(5-15)13(18-7)16-8(2)11(6-17)12(14)9(16)3/h4,6H,1-3H3. The molecule has 5 heteroatoms. The van der Waals surface area contributed by atoms with Gasteiger partial charge in [-0.2, -0.15) is 5.26 Å². The maximum Gasteiger partial charge on any atom is 0.153 e. The molecular formula is C13H11ClN2OS. The van der Waals surface area contributed by atoms with E-state index in [1.165, 1.54) is 11.3 Å². The molecule has 2 rings (SSSR count). The van der Waals surface area contributed by atoms with Gasteiger partial charge in [0, 0.05) is 16.3 Å². The number of hydrogen-bond acceptors (Lipinski definition) is 3. The van der Waals surface area contributed by atoms with Crippen LogP contribution in [0.4, 0.5) is 0 Å². The van der Waals surface area contributed by atoms with Crippen molar-refractivity contribution in [2.75, 3.05) is 0 Å². The molecule has 2 aromatic heterocycles. The number of carbonyl (C=O) groups excluding carboxylic acids is 1. The van der Waals surface area contributed by atoms with E-state index in [4.69, 9.17) is 16.9 Å². The fraction of sp³-hybridized carbons (Fsp3) is 0.231. The summed E-state index contributed by atoms with van der Waals surface area (Å²) in [7, 11) is 0. The summed E-state index contributed by atoms with van der Waals surface area (Å²) < 4.78 is 1.88. The highest BCUT2D eigenvalue weighted by atomic mass is 35.5. The smallest absolute Gasteiger partial charge is 0.153 e. The molecule has 0 aromatic carbocycles. The Morgan fingerprint density at radius 2 is 2.06 bits per heavy atom. The van der Waals surface area contributed by atoms with Crippen molar-refractivity contribution in [2.45, 2.75) is 20.8 Å². The zero-order valence-electron chi connectivity index (χ0n) is 10.2. The van der Waals surface area contributed by atoms with Crippen LogP contribution in [0, 0.1) is 32.1 Å². The maximum absolute atomic E-state index is 11.0. The number of nitriles is 1. The van der Waals surface area contributed by atoms with E-state index >= 15 is 0 Å². The van der Waals surface area contributed by atoms with Gasteiger partial charge in [-0.05, 0) is 26.8 Å². The molecule has 0 saturated carbocycles. The quantitative estimate of drug-likeness (QED) is 0.784. The Morgan fingerprint density at radius 1 is 1.39 bits per heavy atom. The minimum atomic E-state index is 0.456. The van der Waals surface area contributed by atoms with Gasteiger partial charge in [0.15, 0.2) is 6.29 Å². The number of aryl methyl sites for hydroxylation is 1. The van der Waals surface area contributed by atoms with Gasteiger partial charge in [-0.25, -0.2) is 0 Å². The van der Waals surface area contributed by atoms with Gasteiger partial charge in [0.05, 0.1) is 16.1 Å². The zero-order chi connectivity index (χ0) is 13.4. The van der Waals surface area contributed by atoms with E-state index in [1.54, 1.807) is 0 Å². The lowest BCUT2D eigenvalue weighted by molar-refractivity contribution is 0.112. The van der Waals surface area contributed by atoms with Crippen LogP contribution in [0.15, 0.2) is 6.07 Å². The molecule has 18 heavy (non-hydrogen) atoms. The van der Waals surface area contributed by atoms with E-state index in [0.717, 1.165) is 27.6 Å². The molecule has 0 fully saturated rings. The highest BCUT2D eigenvalue weighted by Gasteiger charge is 2.20. The number of thiophene rings is 1. The van der Waals surface area contributed by atoms with Crippen LogP contribution in [0.5, 0.6) is 0 Å². The number of carbonyl (C=O) groups is 1. The fourth-order valence-electron chi connectivity index (χ4n) is 2.01. The molecule has 2 aromatic rings. The molecule has 0 aliphatic rings. The summed E-state index contributed by atoms with van der Waals surface area (Å²) in [6.07, 6.45) is 0.758. The van der Waals surface area contributed by atoms with Crippen molar-refractivity contribution in [2.24, 2.45) is 0 Å². The van der Waals surface area contributed by atoms with Crippen LogP contribution in [0.25, 0.3) is 5.00 Å². The van der Waals surface area contributed by atoms with Crippen LogP contribution in [0.3, 0.4) is 0 Å². The second-order valence-corrected chi connectivity index (χ2v) is 5.65. The number of aldehydes is 1. The van der Waals surface area contributed by atoms with E-state index in [-0.39, 0.29) is 0 Å². The molecule has 0 spiro atoms. The SMILES string of the molecule is Cc1cc(C#N)c(-n2c(C)c(Cl)c(C=O)c2C)s1. The Bertz CT molecular complexity index is 676. The van der Waals surface area contributed by atoms with Gasteiger partial charge in [-0.3, -0.25) is 4.79 Å². The van der Waals surface area contributed by atoms with Crippen molar-refractivity contribution in [1.82, 2.24) is 4.57 Å². The van der Waals surface area contributed by atoms with Crippen molar-refractivity contribution in [3.8, 4) is 11.1 Å². The Balaban J connectivity index is 2.80. The van der Waals surface area contributed by atoms with Crippen molar-refractivity contribution in [3.05, 3.63) is 38.5 Å². The predicted octanol–water partition coefficient (Wildman–Crippen LogP) is 3.80. The van der Waals surface area contributed by atoms with Gasteiger partial charge in [-0.1, -0.05) is 11.6 Å². The molecule has 0 bridgehead atoms. The summed E-state index contributed by atoms with van der Waals surface area (Å²) in [5, 5.41) is 10.4. The minimum absolute atomic E-state index is 0.456. The van der Waals surface area contributed by atoms with E-state index < -0.39 is 0 Å². The van der Waals surface area contributed by atoms with Gasteiger partial charge in [0.2, 0.25) is 0 Å². The summed E-state index contributed by atoms with van der Waals surface area (Å²) >= 11 is 7.66. The lowest BCUT2D eigenvalue weighted by atomic mass is 10.3. The van der Waals surface area contributed by atoms with E-state index in [9.17, 15) is 4.79 Å². The predicted molar refractivity (Wildman–Crippen MR) is 73.0 cm³/mol. The van der Waals surface area contributed by atoms with Crippen LogP contribution < -0.4 is 0 Å². The van der Waals surface area contributed by atoms with E-state index in [0.29, 0.717) is 16.1 Å². The maximum atomic E-state index is 11.0. The molecule has 0 radical (unpaired) electrons. The van der Waals surface area contributed by atoms with Gasteiger partial charge >= 0.3 is 0 Å². The van der Waals surface area contributed by atoms with Gasteiger partial charge in [-0.15, -0.1) is 11.3 Å². The number of hydrogen-bond donors (Lipinski definition) is 0. The normalized spacial score (nSPS) is 10.4. The van der Waals surface area contributed by atoms with Crippen LogP contribution >= 0.6 is 22.9 Å². The van der Waals surface area contributed by atoms with Crippen LogP contribution in [0.1, 0.15) is 32.2 Å². The van der Waals surface area contributed by atoms with Gasteiger partial charge in [0.25, 0.3) is 0 Å². The van der Waals surface area contributed by atoms with E-state index in [2.05, 4.69) is 6.07 Å². The molecule has 0 saturated heterocycles. The zero-order valence-corrected chi connectivity index (χ0v) is 11.8. The molecule has 3 nitrogen and oxygen atoms in total. The first kappa shape index (κ1) is 12.9. The van der Waals surface area contributed by atoms with Crippen molar-refractivity contribution in [3.63, 3.8) is 0 Å². The first-order valence-electron chi connectivity index (χ1n) is 5.34. The summed E-state index contributed by atoms with van der Waals surface area (Å²) in [6, 6.07) is 4.01. The minimum Gasteiger partial charge on any atom is -0.307 e. The Labute approximate surface area is 114 Å². The number of nitrogens with zero attached hydrogens (tertiary/aromatic N) is 2. The molecule has 0 aliphatic carbocycles. The van der Waals surface area contributed by atoms with Crippen molar-refractivity contribution < 1.29 is 4.79 Å². The number of aromatic nitrogens is 1. The summed E-state index contributed by atoms with van der Waals surface area (Å²) in [6.45, 7) is 5.63. The molecule has 2 heterocycles. The molecule has 0 aliphatic heterocycles. The molecular weight excluding hydrogens is 268 g/mol. The Kier molecular flexibility index (Phi) is 3.29. The van der Waals surface area contributed by atoms with Gasteiger partial charge in [0.1, 0.15) is 11.1 Å². The highest BCUT2D eigenvalue weighted by molar-refractivity contribution is 7.14. The largest absolute Gasteiger partial charge is 0.307 e. The van der Waals surface area contributed by atoms with Crippen LogP contribution in [0.2, 0.25) is 5.02 Å². The first-order chi connectivity index (χ1) is 8.51. The third-order valence-electron chi connectivity index (χ3n) is 2.89. The third kappa shape index (κ3) is 1.76. The van der Waals surface area contributed by atoms with Gasteiger partial charge < -0.3 is 4.57 Å². The molecule has 0 amide bonds. The third-order valence-corrected chi connectivity index (χ3v) is 4.40. The highest BCUT2D eigenvalue weighted by Crippen LogP contribution is 2.34. The first-order valence-corrected chi connectivity index (χ1v) is 6.54. The van der Waals surface area contributed by atoms with Crippen LogP contribution in [-0.4, -0.2) is 10.9 Å². The number of rotatable bonds is 2. The lowest BCUT2D eigenvalue weighted by Gasteiger charge is -2.06. The average molecular weight is 279 g/mol. The molecule has 0 unspecified atom stereocenters. The van der Waals surface area contributed by atoms with Crippen molar-refractivity contribution in [1.29, 1.82) is 5.26 Å².